The Bertz CT molecular complexity index is 985. The van der Waals surface area contributed by atoms with Gasteiger partial charge in [0.2, 0.25) is 5.82 Å². The van der Waals surface area contributed by atoms with Gasteiger partial charge in [0.25, 0.3) is 11.6 Å². The molecule has 9 heteroatoms. The smallest absolute Gasteiger partial charge is 0.269 e. The van der Waals surface area contributed by atoms with Crippen LogP contribution in [0.5, 0.6) is 0 Å². The van der Waals surface area contributed by atoms with Crippen molar-refractivity contribution in [3.05, 3.63) is 64.2 Å². The van der Waals surface area contributed by atoms with Crippen LogP contribution in [0.25, 0.3) is 11.4 Å². The molecule has 0 N–H and O–H groups in total. The monoisotopic (exact) mass is 350 g/mol. The Morgan fingerprint density at radius 1 is 1.19 bits per heavy atom. The number of anilines is 1. The number of hydrogen-bond donors (Lipinski definition) is 0. The van der Waals surface area contributed by atoms with E-state index >= 15 is 0 Å². The van der Waals surface area contributed by atoms with Gasteiger partial charge in [0.15, 0.2) is 0 Å². The lowest BCUT2D eigenvalue weighted by Crippen LogP contribution is -2.32. The third-order valence-corrected chi connectivity index (χ3v) is 4.23. The lowest BCUT2D eigenvalue weighted by Gasteiger charge is -2.16. The topological polar surface area (TPSA) is 107 Å². The quantitative estimate of drug-likeness (QED) is 0.525. The minimum atomic E-state index is -0.435. The molecule has 1 amide bonds. The van der Waals surface area contributed by atoms with Crippen molar-refractivity contribution in [1.29, 1.82) is 0 Å². The third-order valence-electron chi connectivity index (χ3n) is 4.23. The average Bonchev–Trinajstić information content (AvgIpc) is 3.28. The normalized spacial score (nSPS) is 12.8. The Balaban J connectivity index is 1.50. The molecular weight excluding hydrogens is 336 g/mol. The highest BCUT2D eigenvalue weighted by Crippen LogP contribution is 2.31. The number of aromatic nitrogens is 4. The number of carbonyl (C=O) groups is 1. The standard InChI is InChI=1S/C17H14N6O3/c24-16(11-22-19-17(18-20-22)12-4-2-1-3-5-12)21-9-8-13-10-14(23(25)26)6-7-15(13)21/h1-7,10H,8-9,11H2. The van der Waals surface area contributed by atoms with Gasteiger partial charge in [-0.15, -0.1) is 10.2 Å². The largest absolute Gasteiger partial charge is 0.310 e. The average molecular weight is 350 g/mol. The Labute approximate surface area is 148 Å². The molecule has 2 heterocycles. The van der Waals surface area contributed by atoms with E-state index in [1.165, 1.54) is 16.9 Å². The number of amides is 1. The van der Waals surface area contributed by atoms with Crippen LogP contribution in [0, 0.1) is 10.1 Å². The summed E-state index contributed by atoms with van der Waals surface area (Å²) in [4.78, 5) is 25.9. The molecule has 4 rings (SSSR count). The van der Waals surface area contributed by atoms with Crippen molar-refractivity contribution in [2.75, 3.05) is 11.4 Å². The van der Waals surface area contributed by atoms with Crippen LogP contribution in [-0.2, 0) is 17.8 Å². The molecule has 1 aliphatic heterocycles. The van der Waals surface area contributed by atoms with Gasteiger partial charge in [-0.3, -0.25) is 14.9 Å². The van der Waals surface area contributed by atoms with Crippen LogP contribution < -0.4 is 4.90 Å². The molecule has 0 spiro atoms. The third kappa shape index (κ3) is 2.90. The highest BCUT2D eigenvalue weighted by molar-refractivity contribution is 5.95. The minimum Gasteiger partial charge on any atom is -0.310 e. The van der Waals surface area contributed by atoms with E-state index in [-0.39, 0.29) is 18.1 Å². The van der Waals surface area contributed by atoms with Gasteiger partial charge in [-0.1, -0.05) is 30.3 Å². The number of nitrogens with zero attached hydrogens (tertiary/aromatic N) is 6. The van der Waals surface area contributed by atoms with Crippen molar-refractivity contribution in [3.8, 4) is 11.4 Å². The molecule has 0 unspecified atom stereocenters. The van der Waals surface area contributed by atoms with Crippen molar-refractivity contribution in [3.63, 3.8) is 0 Å². The van der Waals surface area contributed by atoms with E-state index in [2.05, 4.69) is 15.4 Å². The van der Waals surface area contributed by atoms with Crippen molar-refractivity contribution in [1.82, 2.24) is 20.2 Å². The second-order valence-electron chi connectivity index (χ2n) is 5.87. The minimum absolute atomic E-state index is 0.0310. The first kappa shape index (κ1) is 15.9. The van der Waals surface area contributed by atoms with E-state index in [4.69, 9.17) is 0 Å². The van der Waals surface area contributed by atoms with Gasteiger partial charge < -0.3 is 4.90 Å². The summed E-state index contributed by atoms with van der Waals surface area (Å²) in [6.45, 7) is 0.436. The maximum Gasteiger partial charge on any atom is 0.269 e. The van der Waals surface area contributed by atoms with Crippen molar-refractivity contribution < 1.29 is 9.72 Å². The fourth-order valence-corrected chi connectivity index (χ4v) is 2.98. The van der Waals surface area contributed by atoms with Gasteiger partial charge in [0.1, 0.15) is 6.54 Å². The molecule has 1 aromatic heterocycles. The van der Waals surface area contributed by atoms with Crippen molar-refractivity contribution in [2.45, 2.75) is 13.0 Å². The van der Waals surface area contributed by atoms with E-state index < -0.39 is 4.92 Å². The number of nitro benzene ring substituents is 1. The molecule has 0 saturated heterocycles. The summed E-state index contributed by atoms with van der Waals surface area (Å²) in [6, 6.07) is 13.9. The van der Waals surface area contributed by atoms with E-state index in [9.17, 15) is 14.9 Å². The van der Waals surface area contributed by atoms with Crippen LogP contribution in [0.4, 0.5) is 11.4 Å². The van der Waals surface area contributed by atoms with Gasteiger partial charge >= 0.3 is 0 Å². The van der Waals surface area contributed by atoms with Gasteiger partial charge in [-0.25, -0.2) is 0 Å². The van der Waals surface area contributed by atoms with Gasteiger partial charge in [0, 0.05) is 29.9 Å². The summed E-state index contributed by atoms with van der Waals surface area (Å²) in [5.74, 6) is 0.269. The molecule has 0 atom stereocenters. The number of rotatable bonds is 4. The molecule has 0 radical (unpaired) electrons. The highest BCUT2D eigenvalue weighted by Gasteiger charge is 2.27. The van der Waals surface area contributed by atoms with Gasteiger partial charge in [-0.05, 0) is 23.3 Å². The van der Waals surface area contributed by atoms with E-state index in [0.717, 1.165) is 11.1 Å². The Kier molecular flexibility index (Phi) is 3.88. The maximum absolute atomic E-state index is 12.6. The number of nitro groups is 1. The summed E-state index contributed by atoms with van der Waals surface area (Å²) in [7, 11) is 0. The molecule has 3 aromatic rings. The first-order chi connectivity index (χ1) is 12.6. The van der Waals surface area contributed by atoms with E-state index in [1.807, 2.05) is 30.3 Å². The SMILES string of the molecule is O=C(Cn1nnc(-c2ccccc2)n1)N1CCc2cc([N+](=O)[O-])ccc21. The lowest BCUT2D eigenvalue weighted by atomic mass is 10.1. The predicted octanol–water partition coefficient (Wildman–Crippen LogP) is 1.84. The van der Waals surface area contributed by atoms with E-state index in [0.29, 0.717) is 24.5 Å². The summed E-state index contributed by atoms with van der Waals surface area (Å²) in [5.41, 5.74) is 2.35. The lowest BCUT2D eigenvalue weighted by molar-refractivity contribution is -0.384. The Morgan fingerprint density at radius 2 is 2.00 bits per heavy atom. The molecule has 26 heavy (non-hydrogen) atoms. The van der Waals surface area contributed by atoms with Crippen molar-refractivity contribution >= 4 is 17.3 Å². The number of carbonyl (C=O) groups excluding carboxylic acids is 1. The van der Waals surface area contributed by atoms with Crippen LogP contribution in [0.3, 0.4) is 0 Å². The first-order valence-electron chi connectivity index (χ1n) is 8.03. The first-order valence-corrected chi connectivity index (χ1v) is 8.03. The fraction of sp³-hybridized carbons (Fsp3) is 0.176. The zero-order valence-electron chi connectivity index (χ0n) is 13.6. The zero-order chi connectivity index (χ0) is 18.1. The number of non-ortho nitro benzene ring substituents is 1. The summed E-state index contributed by atoms with van der Waals surface area (Å²) >= 11 is 0. The molecule has 0 aliphatic carbocycles. The van der Waals surface area contributed by atoms with Gasteiger partial charge in [-0.2, -0.15) is 4.80 Å². The molecule has 0 saturated carbocycles. The zero-order valence-corrected chi connectivity index (χ0v) is 13.6. The summed E-state index contributed by atoms with van der Waals surface area (Å²) in [6.07, 6.45) is 0.586. The molecule has 0 fully saturated rings. The highest BCUT2D eigenvalue weighted by atomic mass is 16.6. The number of tetrazole rings is 1. The number of hydrogen-bond acceptors (Lipinski definition) is 6. The van der Waals surface area contributed by atoms with Gasteiger partial charge in [0.05, 0.1) is 4.92 Å². The Morgan fingerprint density at radius 3 is 2.77 bits per heavy atom. The van der Waals surface area contributed by atoms with Crippen LogP contribution in [0.1, 0.15) is 5.56 Å². The molecule has 9 nitrogen and oxygen atoms in total. The van der Waals surface area contributed by atoms with Crippen LogP contribution in [0.2, 0.25) is 0 Å². The maximum atomic E-state index is 12.6. The second-order valence-corrected chi connectivity index (χ2v) is 5.87. The van der Waals surface area contributed by atoms with Crippen LogP contribution in [0.15, 0.2) is 48.5 Å². The number of benzene rings is 2. The van der Waals surface area contributed by atoms with Crippen molar-refractivity contribution in [2.24, 2.45) is 0 Å². The Hall–Kier alpha value is -3.62. The molecule has 0 bridgehead atoms. The summed E-state index contributed by atoms with van der Waals surface area (Å²) < 4.78 is 0. The summed E-state index contributed by atoms with van der Waals surface area (Å²) in [5, 5.41) is 23.0. The van der Waals surface area contributed by atoms with Crippen LogP contribution >= 0.6 is 0 Å². The molecular formula is C17H14N6O3. The second kappa shape index (κ2) is 6.36. The van der Waals surface area contributed by atoms with E-state index in [1.54, 1.807) is 11.0 Å². The molecule has 2 aromatic carbocycles. The predicted molar refractivity (Wildman–Crippen MR) is 92.4 cm³/mol. The fourth-order valence-electron chi connectivity index (χ4n) is 2.98. The van der Waals surface area contributed by atoms with Crippen LogP contribution in [-0.4, -0.2) is 37.6 Å². The number of fused-ring (bicyclic) bond motifs is 1. The molecule has 130 valence electrons. The molecule has 1 aliphatic rings.